The van der Waals surface area contributed by atoms with Gasteiger partial charge in [0.25, 0.3) is 0 Å². The Labute approximate surface area is 102 Å². The van der Waals surface area contributed by atoms with Crippen molar-refractivity contribution in [1.82, 2.24) is 5.32 Å². The van der Waals surface area contributed by atoms with Crippen molar-refractivity contribution in [2.45, 2.75) is 18.9 Å². The summed E-state index contributed by atoms with van der Waals surface area (Å²) in [6.45, 7) is 1.08. The van der Waals surface area contributed by atoms with Gasteiger partial charge >= 0.3 is 0 Å². The molecular weight excluding hydrogens is 216 g/mol. The zero-order valence-electron chi connectivity index (χ0n) is 10.2. The molecular formula is C13H20N2O2. The first-order valence-corrected chi connectivity index (χ1v) is 5.80. The molecule has 0 aliphatic rings. The Morgan fingerprint density at radius 1 is 1.41 bits per heavy atom. The third kappa shape index (κ3) is 5.47. The fourth-order valence-electron chi connectivity index (χ4n) is 1.51. The number of nitrogens with one attached hydrogen (secondary N) is 1. The number of methoxy groups -OCH3 is 1. The number of carbonyl (C=O) groups is 1. The maximum Gasteiger partial charge on any atom is 0.220 e. The summed E-state index contributed by atoms with van der Waals surface area (Å²) in [5.41, 5.74) is 6.99. The van der Waals surface area contributed by atoms with E-state index < -0.39 is 0 Å². The fraction of sp³-hybridized carbons (Fsp3) is 0.462. The average molecular weight is 236 g/mol. The van der Waals surface area contributed by atoms with Crippen LogP contribution in [0.5, 0.6) is 0 Å². The molecule has 1 unspecified atom stereocenters. The molecule has 0 bridgehead atoms. The molecule has 0 saturated heterocycles. The van der Waals surface area contributed by atoms with Crippen LogP contribution in [-0.2, 0) is 9.53 Å². The SMILES string of the molecule is COCCCC(=O)NCC(N)c1ccccc1. The van der Waals surface area contributed by atoms with Gasteiger partial charge in [0.15, 0.2) is 0 Å². The zero-order valence-corrected chi connectivity index (χ0v) is 10.2. The largest absolute Gasteiger partial charge is 0.385 e. The molecule has 0 saturated carbocycles. The van der Waals surface area contributed by atoms with Gasteiger partial charge in [0, 0.05) is 32.7 Å². The van der Waals surface area contributed by atoms with Crippen LogP contribution in [0.15, 0.2) is 30.3 Å². The Balaban J connectivity index is 2.24. The zero-order chi connectivity index (χ0) is 12.5. The van der Waals surface area contributed by atoms with Gasteiger partial charge in [-0.15, -0.1) is 0 Å². The lowest BCUT2D eigenvalue weighted by Crippen LogP contribution is -2.31. The minimum atomic E-state index is -0.150. The molecule has 1 rings (SSSR count). The number of carbonyl (C=O) groups excluding carboxylic acids is 1. The number of nitrogens with two attached hydrogens (primary N) is 1. The molecule has 1 aromatic carbocycles. The molecule has 4 heteroatoms. The van der Waals surface area contributed by atoms with Crippen molar-refractivity contribution in [3.05, 3.63) is 35.9 Å². The van der Waals surface area contributed by atoms with Crippen LogP contribution in [0.4, 0.5) is 0 Å². The van der Waals surface area contributed by atoms with Gasteiger partial charge in [-0.2, -0.15) is 0 Å². The van der Waals surface area contributed by atoms with Gasteiger partial charge in [-0.1, -0.05) is 30.3 Å². The summed E-state index contributed by atoms with van der Waals surface area (Å²) >= 11 is 0. The minimum Gasteiger partial charge on any atom is -0.385 e. The summed E-state index contributed by atoms with van der Waals surface area (Å²) in [7, 11) is 1.63. The molecule has 1 aromatic rings. The monoisotopic (exact) mass is 236 g/mol. The van der Waals surface area contributed by atoms with Crippen molar-refractivity contribution in [1.29, 1.82) is 0 Å². The lowest BCUT2D eigenvalue weighted by Gasteiger charge is -2.13. The molecule has 0 aliphatic heterocycles. The summed E-state index contributed by atoms with van der Waals surface area (Å²) in [5, 5.41) is 2.82. The quantitative estimate of drug-likeness (QED) is 0.700. The predicted molar refractivity (Wildman–Crippen MR) is 67.5 cm³/mol. The van der Waals surface area contributed by atoms with Gasteiger partial charge in [0.05, 0.1) is 0 Å². The first-order valence-electron chi connectivity index (χ1n) is 5.80. The molecule has 0 radical (unpaired) electrons. The maximum absolute atomic E-state index is 11.4. The Morgan fingerprint density at radius 2 is 2.12 bits per heavy atom. The van der Waals surface area contributed by atoms with Crippen LogP contribution in [0.25, 0.3) is 0 Å². The smallest absolute Gasteiger partial charge is 0.220 e. The highest BCUT2D eigenvalue weighted by molar-refractivity contribution is 5.75. The number of amides is 1. The summed E-state index contributed by atoms with van der Waals surface area (Å²) in [6, 6.07) is 9.59. The van der Waals surface area contributed by atoms with E-state index in [0.29, 0.717) is 19.6 Å². The molecule has 94 valence electrons. The van der Waals surface area contributed by atoms with Crippen LogP contribution < -0.4 is 11.1 Å². The van der Waals surface area contributed by atoms with Crippen LogP contribution in [0.3, 0.4) is 0 Å². The van der Waals surface area contributed by atoms with Gasteiger partial charge in [-0.25, -0.2) is 0 Å². The number of ether oxygens (including phenoxy) is 1. The molecule has 17 heavy (non-hydrogen) atoms. The number of hydrogen-bond donors (Lipinski definition) is 2. The van der Waals surface area contributed by atoms with Gasteiger partial charge < -0.3 is 15.8 Å². The third-order valence-corrected chi connectivity index (χ3v) is 2.50. The summed E-state index contributed by atoms with van der Waals surface area (Å²) in [6.07, 6.45) is 1.22. The van der Waals surface area contributed by atoms with E-state index in [0.717, 1.165) is 12.0 Å². The molecule has 0 fully saturated rings. The van der Waals surface area contributed by atoms with Crippen molar-refractivity contribution >= 4 is 5.91 Å². The van der Waals surface area contributed by atoms with E-state index in [-0.39, 0.29) is 11.9 Å². The standard InChI is InChI=1S/C13H20N2O2/c1-17-9-5-8-13(16)15-10-12(14)11-6-3-2-4-7-11/h2-4,6-7,12H,5,8-10,14H2,1H3,(H,15,16). The molecule has 0 aliphatic carbocycles. The van der Waals surface area contributed by atoms with Crippen molar-refractivity contribution in [2.24, 2.45) is 5.73 Å². The third-order valence-electron chi connectivity index (χ3n) is 2.50. The van der Waals surface area contributed by atoms with E-state index in [1.54, 1.807) is 7.11 Å². The molecule has 4 nitrogen and oxygen atoms in total. The van der Waals surface area contributed by atoms with Crippen LogP contribution in [-0.4, -0.2) is 26.2 Å². The van der Waals surface area contributed by atoms with Crippen molar-refractivity contribution in [3.8, 4) is 0 Å². The normalized spacial score (nSPS) is 12.1. The Bertz CT molecular complexity index is 327. The second-order valence-electron chi connectivity index (χ2n) is 3.92. The number of benzene rings is 1. The summed E-state index contributed by atoms with van der Waals surface area (Å²) in [5.74, 6) is 0.0217. The van der Waals surface area contributed by atoms with E-state index in [1.165, 1.54) is 0 Å². The van der Waals surface area contributed by atoms with E-state index in [4.69, 9.17) is 10.5 Å². The van der Waals surface area contributed by atoms with Gasteiger partial charge in [0.2, 0.25) is 5.91 Å². The van der Waals surface area contributed by atoms with Crippen molar-refractivity contribution < 1.29 is 9.53 Å². The average Bonchev–Trinajstić information content (AvgIpc) is 2.37. The highest BCUT2D eigenvalue weighted by atomic mass is 16.5. The van der Waals surface area contributed by atoms with E-state index in [9.17, 15) is 4.79 Å². The first kappa shape index (κ1) is 13.7. The fourth-order valence-corrected chi connectivity index (χ4v) is 1.51. The molecule has 1 amide bonds. The van der Waals surface area contributed by atoms with Crippen LogP contribution >= 0.6 is 0 Å². The Morgan fingerprint density at radius 3 is 2.76 bits per heavy atom. The number of rotatable bonds is 7. The van der Waals surface area contributed by atoms with Crippen LogP contribution in [0.2, 0.25) is 0 Å². The molecule has 0 heterocycles. The van der Waals surface area contributed by atoms with Gasteiger partial charge in [0.1, 0.15) is 0 Å². The molecule has 0 spiro atoms. The highest BCUT2D eigenvalue weighted by Gasteiger charge is 2.07. The van der Waals surface area contributed by atoms with Crippen LogP contribution in [0.1, 0.15) is 24.4 Å². The van der Waals surface area contributed by atoms with Gasteiger partial charge in [-0.3, -0.25) is 4.79 Å². The topological polar surface area (TPSA) is 64.3 Å². The highest BCUT2D eigenvalue weighted by Crippen LogP contribution is 2.07. The Kier molecular flexibility index (Phi) is 6.29. The maximum atomic E-state index is 11.4. The Hall–Kier alpha value is -1.39. The number of hydrogen-bond acceptors (Lipinski definition) is 3. The van der Waals surface area contributed by atoms with E-state index in [1.807, 2.05) is 30.3 Å². The first-order chi connectivity index (χ1) is 8.24. The van der Waals surface area contributed by atoms with Gasteiger partial charge in [-0.05, 0) is 12.0 Å². The second kappa shape index (κ2) is 7.81. The van der Waals surface area contributed by atoms with E-state index >= 15 is 0 Å². The second-order valence-corrected chi connectivity index (χ2v) is 3.92. The van der Waals surface area contributed by atoms with E-state index in [2.05, 4.69) is 5.32 Å². The van der Waals surface area contributed by atoms with Crippen molar-refractivity contribution in [2.75, 3.05) is 20.3 Å². The van der Waals surface area contributed by atoms with Crippen molar-refractivity contribution in [3.63, 3.8) is 0 Å². The van der Waals surface area contributed by atoms with Crippen LogP contribution in [0, 0.1) is 0 Å². The lowest BCUT2D eigenvalue weighted by molar-refractivity contribution is -0.121. The molecule has 1 atom stereocenters. The molecule has 3 N–H and O–H groups in total. The minimum absolute atomic E-state index is 0.0217. The predicted octanol–water partition coefficient (Wildman–Crippen LogP) is 1.23. The lowest BCUT2D eigenvalue weighted by atomic mass is 10.1. The summed E-state index contributed by atoms with van der Waals surface area (Å²) in [4.78, 5) is 11.4. The summed E-state index contributed by atoms with van der Waals surface area (Å²) < 4.78 is 4.88. The molecule has 0 aromatic heterocycles.